The van der Waals surface area contributed by atoms with Crippen LogP contribution < -0.4 is 20.4 Å². The van der Waals surface area contributed by atoms with Gasteiger partial charge in [-0.15, -0.1) is 0 Å². The van der Waals surface area contributed by atoms with E-state index in [1.54, 1.807) is 148 Å². The van der Waals surface area contributed by atoms with E-state index in [1.165, 1.54) is 24.3 Å². The maximum Gasteiger partial charge on any atom is 4.00 e. The van der Waals surface area contributed by atoms with Gasteiger partial charge in [-0.3, -0.25) is 16.8 Å². The van der Waals surface area contributed by atoms with E-state index in [0.29, 0.717) is 45.6 Å². The minimum Gasteiger partial charge on any atom is -2.00 e. The summed E-state index contributed by atoms with van der Waals surface area (Å²) in [7, 11) is -2.44. The average Bonchev–Trinajstić information content (AvgIpc) is 4.11. The largest absolute Gasteiger partial charge is 4.00 e. The fourth-order valence-corrected chi connectivity index (χ4v) is 5.84. The van der Waals surface area contributed by atoms with E-state index in [0.717, 1.165) is 17.9 Å². The van der Waals surface area contributed by atoms with Gasteiger partial charge in [-0.2, -0.15) is 0 Å². The van der Waals surface area contributed by atoms with Crippen LogP contribution in [-0.4, -0.2) is 107 Å². The number of aromatic nitrogens is 8. The molecule has 0 spiro atoms. The van der Waals surface area contributed by atoms with Gasteiger partial charge in [-0.1, -0.05) is 111 Å². The number of halogens is 4. The summed E-state index contributed by atoms with van der Waals surface area (Å²) in [4.78, 5) is 27.6. The molecule has 18 nitrogen and oxygen atoms in total. The molecule has 0 bridgehead atoms. The van der Waals surface area contributed by atoms with Crippen LogP contribution >= 0.6 is 63.7 Å². The molecule has 4 heterocycles. The number of H-pyrrole nitrogens is 4. The molecule has 4 aromatic heterocycles. The Hall–Kier alpha value is -3.47. The third kappa shape index (κ3) is 33.4. The number of aromatic amines is 4. The maximum absolute atomic E-state index is 11.4. The van der Waals surface area contributed by atoms with Crippen LogP contribution in [0.5, 0.6) is 23.0 Å². The molecule has 0 aliphatic carbocycles. The van der Waals surface area contributed by atoms with Crippen LogP contribution in [0.1, 0.15) is 0 Å². The minimum atomic E-state index is -0.611. The maximum atomic E-state index is 11.4. The predicted molar refractivity (Wildman–Crippen MR) is 286 cm³/mol. The van der Waals surface area contributed by atoms with Crippen LogP contribution in [0.4, 0.5) is 0 Å². The number of hydrogen-bond donors (Lipinski definition) is 4. The summed E-state index contributed by atoms with van der Waals surface area (Å²) in [6.45, 7) is 0. The van der Waals surface area contributed by atoms with Gasteiger partial charge in [0, 0.05) is 183 Å². The normalized spacial score (nSPS) is 9.33. The van der Waals surface area contributed by atoms with E-state index in [-0.39, 0.29) is 71.1 Å². The Morgan fingerprint density at radius 3 is 0.639 bits per heavy atom. The Balaban J connectivity index is -0.000000383. The fourth-order valence-electron chi connectivity index (χ4n) is 4.40. The molecule has 72 heavy (non-hydrogen) atoms. The van der Waals surface area contributed by atoms with Crippen LogP contribution in [0.2, 0.25) is 0 Å². The van der Waals surface area contributed by atoms with E-state index in [4.69, 9.17) is 0 Å². The number of nitrogens with one attached hydrogen (secondary N) is 4. The van der Waals surface area contributed by atoms with E-state index < -0.39 is 43.2 Å². The minimum absolute atomic E-state index is 0. The first-order chi connectivity index (χ1) is 32.0. The average molecular weight is 1400 g/mol. The molecule has 0 saturated heterocycles. The summed E-state index contributed by atoms with van der Waals surface area (Å²) in [5.74, 6) is 2.29. The van der Waals surface area contributed by atoms with Gasteiger partial charge in [-0.25, -0.2) is 19.9 Å². The van der Waals surface area contributed by atoms with Gasteiger partial charge in [-0.05, 0) is 48.5 Å². The summed E-state index contributed by atoms with van der Waals surface area (Å²) >= 11 is 13.2. The summed E-state index contributed by atoms with van der Waals surface area (Å²) < 4.78 is 41.7. The summed E-state index contributed by atoms with van der Waals surface area (Å²) in [5.41, 5.74) is 2.33. The van der Waals surface area contributed by atoms with Crippen LogP contribution in [-0.2, 0) is 91.3 Å². The Labute approximate surface area is 486 Å². The van der Waals surface area contributed by atoms with E-state index in [2.05, 4.69) is 104 Å². The summed E-state index contributed by atoms with van der Waals surface area (Å²) in [6.07, 6.45) is 26.4. The zero-order chi connectivity index (χ0) is 51.3. The molecule has 4 N–H and O–H groups in total. The van der Waals surface area contributed by atoms with Crippen molar-refractivity contribution >= 4 is 107 Å². The Morgan fingerprint density at radius 2 is 0.514 bits per heavy atom. The smallest absolute Gasteiger partial charge is 2.00 e. The molecule has 0 aliphatic rings. The Kier molecular flexibility index (Phi) is 43.6. The molecule has 8 rings (SSSR count). The monoisotopic (exact) mass is 1390 g/mol. The van der Waals surface area contributed by atoms with Crippen molar-refractivity contribution in [2.75, 3.05) is 50.0 Å². The van der Waals surface area contributed by atoms with Gasteiger partial charge in [0.25, 0.3) is 0 Å². The molecular formula is C44H48Br4N8O10S4V2. The zero-order valence-electron chi connectivity index (χ0n) is 39.5. The second-order valence-electron chi connectivity index (χ2n) is 13.3. The number of hydrogen-bond acceptors (Lipinski definition) is 12. The molecule has 4 aromatic carbocycles. The summed E-state index contributed by atoms with van der Waals surface area (Å²) in [6, 6.07) is 19.9. The molecule has 386 valence electrons. The van der Waals surface area contributed by atoms with Crippen molar-refractivity contribution < 1.29 is 85.3 Å². The molecule has 0 amide bonds. The van der Waals surface area contributed by atoms with Crippen molar-refractivity contribution in [1.82, 2.24) is 39.9 Å². The second-order valence-corrected chi connectivity index (χ2v) is 22.9. The molecule has 8 aromatic rings. The Morgan fingerprint density at radius 1 is 0.361 bits per heavy atom. The summed E-state index contributed by atoms with van der Waals surface area (Å²) in [5, 5.41) is 45.6. The molecule has 0 fully saturated rings. The topological polar surface area (TPSA) is 332 Å². The molecule has 28 heteroatoms. The van der Waals surface area contributed by atoms with Gasteiger partial charge >= 0.3 is 37.1 Å². The van der Waals surface area contributed by atoms with Crippen LogP contribution in [0, 0.1) is 0 Å². The number of nitrogens with zero attached hydrogens (tertiary/aromatic N) is 4. The molecule has 0 unspecified atom stereocenters. The molecule has 2 radical (unpaired) electrons. The molecule has 0 aliphatic heterocycles. The SMILES string of the molecule is CS(C)=O.CS(C)=O.CS(C)=O.CS(C)=O.[O-2].[O-2].[O-]c1ccc(Br)cc1-c1ncc[nH]1.[O-]c1ccc(Br)cc1-c1ncc[nH]1.[O-]c1ccc(Br)cc1-c1ncc[nH]1.[O-]c1ccc(Br)cc1-c1ncc[nH]1.[V+4].[V+4]. The van der Waals surface area contributed by atoms with Gasteiger partial charge in [0.2, 0.25) is 0 Å². The molecule has 0 saturated carbocycles. The number of benzene rings is 4. The second kappa shape index (κ2) is 41.8. The van der Waals surface area contributed by atoms with Crippen molar-refractivity contribution in [1.29, 1.82) is 0 Å². The van der Waals surface area contributed by atoms with Gasteiger partial charge < -0.3 is 51.3 Å². The van der Waals surface area contributed by atoms with Crippen LogP contribution in [0.25, 0.3) is 45.6 Å². The van der Waals surface area contributed by atoms with Gasteiger partial charge in [0.1, 0.15) is 23.3 Å². The van der Waals surface area contributed by atoms with Gasteiger partial charge in [0.05, 0.1) is 0 Å². The first kappa shape index (κ1) is 75.0. The van der Waals surface area contributed by atoms with Crippen molar-refractivity contribution in [3.8, 4) is 68.5 Å². The quantitative estimate of drug-likeness (QED) is 0.134. The standard InChI is InChI=1S/4C9H7BrN2O.4C2H6OS.2O.2V/c4*10-6-1-2-8(13)7(5-6)9-11-3-4-12-9;4*1-4(2)3;;;;/h4*1-5,13H,(H,11,12);4*1-2H3;;;;/q;;;;;;;;2*-2;2*+4/p-4. The van der Waals surface area contributed by atoms with E-state index in [1.807, 2.05) is 0 Å². The number of rotatable bonds is 4. The van der Waals surface area contributed by atoms with Crippen molar-refractivity contribution in [3.05, 3.63) is 140 Å². The molecule has 0 atom stereocenters. The first-order valence-electron chi connectivity index (χ1n) is 18.9. The van der Waals surface area contributed by atoms with Gasteiger partial charge in [0.15, 0.2) is 0 Å². The van der Waals surface area contributed by atoms with Crippen LogP contribution in [0.3, 0.4) is 0 Å². The fraction of sp³-hybridized carbons (Fsp3) is 0.182. The molecular weight excluding hydrogens is 1350 g/mol. The zero-order valence-corrected chi connectivity index (χ0v) is 51.9. The third-order valence-electron chi connectivity index (χ3n) is 6.78. The third-order valence-corrected chi connectivity index (χ3v) is 8.75. The van der Waals surface area contributed by atoms with Crippen LogP contribution in [0.15, 0.2) is 140 Å². The van der Waals surface area contributed by atoms with E-state index >= 15 is 0 Å². The van der Waals surface area contributed by atoms with Crippen molar-refractivity contribution in [2.45, 2.75) is 0 Å². The van der Waals surface area contributed by atoms with Crippen molar-refractivity contribution in [3.63, 3.8) is 0 Å². The number of imidazole rings is 4. The first-order valence-corrected chi connectivity index (χ1v) is 29.9. The van der Waals surface area contributed by atoms with E-state index in [9.17, 15) is 37.3 Å². The Bertz CT molecular complexity index is 2380. The predicted octanol–water partition coefficient (Wildman–Crippen LogP) is 7.39. The van der Waals surface area contributed by atoms with Crippen molar-refractivity contribution in [2.24, 2.45) is 0 Å².